The van der Waals surface area contributed by atoms with Crippen LogP contribution in [0.2, 0.25) is 10.0 Å². The first-order chi connectivity index (χ1) is 10.4. The number of para-hydroxylation sites is 1. The number of carbonyl (C=O) groups is 1. The largest absolute Gasteiger partial charge is 0.397 e. The Balaban J connectivity index is 2.27. The van der Waals surface area contributed by atoms with Gasteiger partial charge in [0.25, 0.3) is 5.91 Å². The third kappa shape index (κ3) is 3.59. The quantitative estimate of drug-likeness (QED) is 0.522. The van der Waals surface area contributed by atoms with Gasteiger partial charge in [0.1, 0.15) is 0 Å². The number of hydrazone groups is 1. The topological polar surface area (TPSA) is 58.7 Å². The molecular weight excluding hydrogens is 321 g/mol. The monoisotopic (exact) mass is 335 g/mol. The standard InChI is InChI=1S/C16H15Cl2N3O/c1-10(11-5-3-6-12(17)9-11)20-21(2)16(22)13-7-4-8-14(18)15(13)19/h3-9H,19H2,1-2H3/b20-10-. The second-order valence-electron chi connectivity index (χ2n) is 4.73. The molecule has 0 atom stereocenters. The highest BCUT2D eigenvalue weighted by Gasteiger charge is 2.16. The zero-order chi connectivity index (χ0) is 16.3. The van der Waals surface area contributed by atoms with Crippen LogP contribution in [0, 0.1) is 0 Å². The lowest BCUT2D eigenvalue weighted by Gasteiger charge is -2.14. The van der Waals surface area contributed by atoms with Gasteiger partial charge in [-0.1, -0.05) is 41.4 Å². The van der Waals surface area contributed by atoms with Crippen molar-refractivity contribution < 1.29 is 4.79 Å². The highest BCUT2D eigenvalue weighted by Crippen LogP contribution is 2.23. The first-order valence-electron chi connectivity index (χ1n) is 6.53. The molecule has 0 saturated heterocycles. The van der Waals surface area contributed by atoms with E-state index in [-0.39, 0.29) is 11.6 Å². The van der Waals surface area contributed by atoms with E-state index in [2.05, 4.69) is 5.10 Å². The summed E-state index contributed by atoms with van der Waals surface area (Å²) in [6, 6.07) is 12.2. The number of hydrogen-bond acceptors (Lipinski definition) is 3. The Morgan fingerprint density at radius 1 is 1.18 bits per heavy atom. The van der Waals surface area contributed by atoms with E-state index in [1.807, 2.05) is 12.1 Å². The number of benzene rings is 2. The first kappa shape index (κ1) is 16.3. The van der Waals surface area contributed by atoms with Crippen molar-refractivity contribution in [3.05, 3.63) is 63.6 Å². The van der Waals surface area contributed by atoms with Crippen LogP contribution in [0.15, 0.2) is 47.6 Å². The van der Waals surface area contributed by atoms with Crippen LogP contribution in [0.1, 0.15) is 22.8 Å². The van der Waals surface area contributed by atoms with E-state index in [1.54, 1.807) is 44.3 Å². The van der Waals surface area contributed by atoms with Crippen molar-refractivity contribution in [2.45, 2.75) is 6.92 Å². The molecule has 22 heavy (non-hydrogen) atoms. The molecule has 4 nitrogen and oxygen atoms in total. The normalized spacial score (nSPS) is 11.4. The van der Waals surface area contributed by atoms with Gasteiger partial charge in [-0.3, -0.25) is 4.79 Å². The van der Waals surface area contributed by atoms with Crippen molar-refractivity contribution in [2.75, 3.05) is 12.8 Å². The van der Waals surface area contributed by atoms with Crippen LogP contribution in [-0.2, 0) is 0 Å². The maximum Gasteiger partial charge on any atom is 0.275 e. The van der Waals surface area contributed by atoms with Crippen molar-refractivity contribution in [2.24, 2.45) is 5.10 Å². The van der Waals surface area contributed by atoms with Gasteiger partial charge in [0.05, 0.1) is 22.0 Å². The number of rotatable bonds is 3. The van der Waals surface area contributed by atoms with Crippen LogP contribution in [-0.4, -0.2) is 23.7 Å². The molecule has 2 aromatic carbocycles. The van der Waals surface area contributed by atoms with Gasteiger partial charge in [-0.05, 0) is 36.8 Å². The Labute approximate surface area is 139 Å². The van der Waals surface area contributed by atoms with Gasteiger partial charge >= 0.3 is 0 Å². The summed E-state index contributed by atoms with van der Waals surface area (Å²) in [6.45, 7) is 1.80. The van der Waals surface area contributed by atoms with Crippen LogP contribution in [0.3, 0.4) is 0 Å². The summed E-state index contributed by atoms with van der Waals surface area (Å²) in [5, 5.41) is 6.47. The zero-order valence-electron chi connectivity index (χ0n) is 12.2. The molecule has 0 aliphatic carbocycles. The molecule has 6 heteroatoms. The van der Waals surface area contributed by atoms with Crippen LogP contribution < -0.4 is 5.73 Å². The van der Waals surface area contributed by atoms with Gasteiger partial charge in [-0.25, -0.2) is 5.01 Å². The Morgan fingerprint density at radius 2 is 1.86 bits per heavy atom. The summed E-state index contributed by atoms with van der Waals surface area (Å²) >= 11 is 11.9. The van der Waals surface area contributed by atoms with Crippen molar-refractivity contribution in [3.8, 4) is 0 Å². The summed E-state index contributed by atoms with van der Waals surface area (Å²) in [5.41, 5.74) is 7.91. The second-order valence-corrected chi connectivity index (χ2v) is 5.57. The molecule has 0 spiro atoms. The van der Waals surface area contributed by atoms with Crippen molar-refractivity contribution >= 4 is 40.5 Å². The van der Waals surface area contributed by atoms with Crippen LogP contribution in [0.4, 0.5) is 5.69 Å². The third-order valence-electron chi connectivity index (χ3n) is 3.12. The average Bonchev–Trinajstić information content (AvgIpc) is 2.49. The molecule has 0 heterocycles. The number of halogens is 2. The molecule has 114 valence electrons. The molecular formula is C16H15Cl2N3O. The SMILES string of the molecule is C/C(=N/N(C)C(=O)c1cccc(Cl)c1N)c1cccc(Cl)c1. The first-order valence-corrected chi connectivity index (χ1v) is 7.29. The average molecular weight is 336 g/mol. The van der Waals surface area contributed by atoms with Crippen molar-refractivity contribution in [3.63, 3.8) is 0 Å². The number of amides is 1. The highest BCUT2D eigenvalue weighted by atomic mass is 35.5. The predicted molar refractivity (Wildman–Crippen MR) is 91.6 cm³/mol. The predicted octanol–water partition coefficient (Wildman–Crippen LogP) is 4.07. The Hall–Kier alpha value is -2.04. The lowest BCUT2D eigenvalue weighted by atomic mass is 10.1. The maximum absolute atomic E-state index is 12.4. The number of nitrogens with two attached hydrogens (primary N) is 1. The molecule has 0 radical (unpaired) electrons. The maximum atomic E-state index is 12.4. The van der Waals surface area contributed by atoms with Gasteiger partial charge in [0.2, 0.25) is 0 Å². The summed E-state index contributed by atoms with van der Waals surface area (Å²) in [4.78, 5) is 12.4. The molecule has 0 saturated carbocycles. The molecule has 0 fully saturated rings. The Kier molecular flexibility index (Phi) is 5.06. The zero-order valence-corrected chi connectivity index (χ0v) is 13.7. The highest BCUT2D eigenvalue weighted by molar-refractivity contribution is 6.34. The number of nitrogen functional groups attached to an aromatic ring is 1. The summed E-state index contributed by atoms with van der Waals surface area (Å²) in [7, 11) is 1.57. The number of carbonyl (C=O) groups excluding carboxylic acids is 1. The molecule has 0 aliphatic rings. The molecule has 0 aromatic heterocycles. The van der Waals surface area contributed by atoms with E-state index in [4.69, 9.17) is 28.9 Å². The smallest absolute Gasteiger partial charge is 0.275 e. The van der Waals surface area contributed by atoms with Gasteiger partial charge in [-0.15, -0.1) is 0 Å². The molecule has 2 rings (SSSR count). The van der Waals surface area contributed by atoms with E-state index < -0.39 is 0 Å². The van der Waals surface area contributed by atoms with Gasteiger partial charge in [0, 0.05) is 12.1 Å². The summed E-state index contributed by atoms with van der Waals surface area (Å²) < 4.78 is 0. The number of hydrogen-bond donors (Lipinski definition) is 1. The molecule has 2 N–H and O–H groups in total. The second kappa shape index (κ2) is 6.81. The Morgan fingerprint density at radius 3 is 2.55 bits per heavy atom. The minimum absolute atomic E-state index is 0.247. The molecule has 1 amide bonds. The van der Waals surface area contributed by atoms with E-state index in [1.165, 1.54) is 5.01 Å². The van der Waals surface area contributed by atoms with E-state index in [9.17, 15) is 4.79 Å². The molecule has 0 unspecified atom stereocenters. The number of nitrogens with zero attached hydrogens (tertiary/aromatic N) is 2. The fraction of sp³-hybridized carbons (Fsp3) is 0.125. The molecule has 0 aliphatic heterocycles. The molecule has 0 bridgehead atoms. The minimum Gasteiger partial charge on any atom is -0.397 e. The fourth-order valence-corrected chi connectivity index (χ4v) is 2.30. The number of anilines is 1. The summed E-state index contributed by atoms with van der Waals surface area (Å²) in [6.07, 6.45) is 0. The van der Waals surface area contributed by atoms with Crippen molar-refractivity contribution in [1.82, 2.24) is 5.01 Å². The van der Waals surface area contributed by atoms with E-state index >= 15 is 0 Å². The lowest BCUT2D eigenvalue weighted by Crippen LogP contribution is -2.23. The van der Waals surface area contributed by atoms with Crippen LogP contribution in [0.5, 0.6) is 0 Å². The van der Waals surface area contributed by atoms with Gasteiger partial charge in [-0.2, -0.15) is 5.10 Å². The van der Waals surface area contributed by atoms with Gasteiger partial charge < -0.3 is 5.73 Å². The minimum atomic E-state index is -0.332. The van der Waals surface area contributed by atoms with Crippen LogP contribution in [0.25, 0.3) is 0 Å². The summed E-state index contributed by atoms with van der Waals surface area (Å²) in [5.74, 6) is -0.332. The van der Waals surface area contributed by atoms with E-state index in [0.717, 1.165) is 5.56 Å². The van der Waals surface area contributed by atoms with Crippen LogP contribution >= 0.6 is 23.2 Å². The fourth-order valence-electron chi connectivity index (χ4n) is 1.94. The molecule has 2 aromatic rings. The Bertz CT molecular complexity index is 744. The van der Waals surface area contributed by atoms with E-state index in [0.29, 0.717) is 21.3 Å². The lowest BCUT2D eigenvalue weighted by molar-refractivity contribution is 0.0800. The third-order valence-corrected chi connectivity index (χ3v) is 3.68. The van der Waals surface area contributed by atoms with Crippen molar-refractivity contribution in [1.29, 1.82) is 0 Å². The van der Waals surface area contributed by atoms with Gasteiger partial charge in [0.15, 0.2) is 0 Å².